The van der Waals surface area contributed by atoms with E-state index in [1.807, 2.05) is 18.2 Å². The maximum atomic E-state index is 13.6. The van der Waals surface area contributed by atoms with Crippen molar-refractivity contribution < 1.29 is 14.0 Å². The fraction of sp³-hybridized carbons (Fsp3) is 0.647. The second-order valence-electron chi connectivity index (χ2n) is 6.74. The molecule has 24 heavy (non-hydrogen) atoms. The number of aliphatic imine (C=N–C) groups is 1. The molecule has 0 aromatic heterocycles. The summed E-state index contributed by atoms with van der Waals surface area (Å²) in [5, 5.41) is 9.14. The van der Waals surface area contributed by atoms with Gasteiger partial charge in [-0.15, -0.1) is 0 Å². The van der Waals surface area contributed by atoms with Crippen molar-refractivity contribution in [1.82, 2.24) is 9.80 Å². The minimum atomic E-state index is -1.13. The molecule has 0 aliphatic carbocycles. The van der Waals surface area contributed by atoms with Crippen LogP contribution in [-0.4, -0.2) is 65.7 Å². The average molecular weight is 332 g/mol. The highest BCUT2D eigenvalue weighted by molar-refractivity contribution is 5.82. The summed E-state index contributed by atoms with van der Waals surface area (Å²) in [6.07, 6.45) is 6.99. The number of alkyl halides is 1. The summed E-state index contributed by atoms with van der Waals surface area (Å²) in [7, 11) is 0. The zero-order valence-corrected chi connectivity index (χ0v) is 13.5. The molecule has 3 unspecified atom stereocenters. The molecule has 3 aliphatic heterocycles. The van der Waals surface area contributed by atoms with Gasteiger partial charge in [-0.3, -0.25) is 14.6 Å². The number of likely N-dealkylation sites (tertiary alicyclic amines) is 2. The fourth-order valence-electron chi connectivity index (χ4n) is 3.96. The molecule has 128 valence electrons. The van der Waals surface area contributed by atoms with Crippen molar-refractivity contribution in [3.05, 3.63) is 12.2 Å². The first-order valence-corrected chi connectivity index (χ1v) is 8.33. The van der Waals surface area contributed by atoms with Crippen molar-refractivity contribution in [3.63, 3.8) is 0 Å². The molecule has 3 atom stereocenters. The molecule has 3 rings (SSSR count). The number of hydrogen-bond donors (Lipinski definition) is 0. The van der Waals surface area contributed by atoms with Crippen molar-refractivity contribution in [2.75, 3.05) is 19.6 Å². The molecule has 3 heterocycles. The number of hydrogen-bond acceptors (Lipinski definition) is 4. The molecule has 6 nitrogen and oxygen atoms in total. The Morgan fingerprint density at radius 1 is 1.46 bits per heavy atom. The first-order chi connectivity index (χ1) is 11.6. The lowest BCUT2D eigenvalue weighted by Crippen LogP contribution is -2.46. The number of nitriles is 1. The third-order valence-electron chi connectivity index (χ3n) is 5.33. The van der Waals surface area contributed by atoms with Gasteiger partial charge in [0.1, 0.15) is 12.2 Å². The topological polar surface area (TPSA) is 76.8 Å². The highest BCUT2D eigenvalue weighted by atomic mass is 19.1. The maximum absolute atomic E-state index is 13.6. The van der Waals surface area contributed by atoms with Crippen LogP contribution in [0.1, 0.15) is 25.7 Å². The molecule has 0 N–H and O–H groups in total. The summed E-state index contributed by atoms with van der Waals surface area (Å²) >= 11 is 0. The molecular weight excluding hydrogens is 311 g/mol. The predicted molar refractivity (Wildman–Crippen MR) is 86.0 cm³/mol. The molecule has 7 heteroatoms. The average Bonchev–Trinajstić information content (AvgIpc) is 3.22. The van der Waals surface area contributed by atoms with Crippen LogP contribution in [-0.2, 0) is 9.59 Å². The summed E-state index contributed by atoms with van der Waals surface area (Å²) in [6, 6.07) is 1.33. The Morgan fingerprint density at radius 3 is 2.79 bits per heavy atom. The van der Waals surface area contributed by atoms with Crippen LogP contribution in [0.5, 0.6) is 0 Å². The molecule has 0 aromatic rings. The Hall–Kier alpha value is -2.23. The van der Waals surface area contributed by atoms with E-state index in [2.05, 4.69) is 4.99 Å². The molecule has 2 amide bonds. The molecule has 3 aliphatic rings. The van der Waals surface area contributed by atoms with Crippen molar-refractivity contribution in [2.45, 2.75) is 43.4 Å². The van der Waals surface area contributed by atoms with Gasteiger partial charge in [0, 0.05) is 25.7 Å². The number of halogens is 1. The normalized spacial score (nSPS) is 33.0. The van der Waals surface area contributed by atoms with E-state index in [-0.39, 0.29) is 31.2 Å². The first-order valence-electron chi connectivity index (χ1n) is 8.33. The van der Waals surface area contributed by atoms with Crippen molar-refractivity contribution in [2.24, 2.45) is 10.9 Å². The second-order valence-corrected chi connectivity index (χ2v) is 6.74. The zero-order chi connectivity index (χ0) is 17.2. The van der Waals surface area contributed by atoms with E-state index in [0.29, 0.717) is 13.1 Å². The lowest BCUT2D eigenvalue weighted by Gasteiger charge is -2.39. The number of piperidine rings is 1. The minimum absolute atomic E-state index is 0.00977. The van der Waals surface area contributed by atoms with Crippen LogP contribution in [0.15, 0.2) is 17.1 Å². The number of carbonyl (C=O) groups is 2. The summed E-state index contributed by atoms with van der Waals surface area (Å²) < 4.78 is 13.6. The smallest absolute Gasteiger partial charge is 0.226 e. The van der Waals surface area contributed by atoms with Gasteiger partial charge in [-0.2, -0.15) is 5.26 Å². The lowest BCUT2D eigenvalue weighted by molar-refractivity contribution is -0.133. The van der Waals surface area contributed by atoms with E-state index in [0.717, 1.165) is 19.3 Å². The van der Waals surface area contributed by atoms with E-state index in [4.69, 9.17) is 5.26 Å². The van der Waals surface area contributed by atoms with Gasteiger partial charge in [0.15, 0.2) is 0 Å². The van der Waals surface area contributed by atoms with Gasteiger partial charge in [0.2, 0.25) is 12.3 Å². The van der Waals surface area contributed by atoms with Crippen LogP contribution >= 0.6 is 0 Å². The zero-order valence-electron chi connectivity index (χ0n) is 13.5. The maximum Gasteiger partial charge on any atom is 0.226 e. The summed E-state index contributed by atoms with van der Waals surface area (Å²) in [5.74, 6) is -0.0554. The third-order valence-corrected chi connectivity index (χ3v) is 5.33. The number of allylic oxidation sites excluding steroid dienone is 1. The Balaban J connectivity index is 1.72. The van der Waals surface area contributed by atoms with E-state index >= 15 is 0 Å². The van der Waals surface area contributed by atoms with Gasteiger partial charge in [0.25, 0.3) is 0 Å². The van der Waals surface area contributed by atoms with Gasteiger partial charge in [-0.25, -0.2) is 4.39 Å². The highest BCUT2D eigenvalue weighted by Gasteiger charge is 2.44. The second kappa shape index (κ2) is 6.71. The SMILES string of the molecule is N#CC1CC(F)CN1C(=O)CC1(C2CCN(C=O)CC2)C=CC=N1. The molecule has 0 bridgehead atoms. The minimum Gasteiger partial charge on any atom is -0.345 e. The van der Waals surface area contributed by atoms with Gasteiger partial charge in [-0.05, 0) is 24.8 Å². The molecular formula is C17H21FN4O2. The Kier molecular flexibility index (Phi) is 4.65. The molecule has 0 spiro atoms. The summed E-state index contributed by atoms with van der Waals surface area (Å²) in [6.45, 7) is 1.30. The fourth-order valence-corrected chi connectivity index (χ4v) is 3.96. The molecule has 0 radical (unpaired) electrons. The Morgan fingerprint density at radius 2 is 2.21 bits per heavy atom. The third kappa shape index (κ3) is 3.05. The van der Waals surface area contributed by atoms with E-state index in [1.165, 1.54) is 4.90 Å². The standard InChI is InChI=1S/C17H21FN4O2/c18-14-8-15(10-19)22(11-14)16(24)9-17(4-1-5-20-17)13-2-6-21(12-23)7-3-13/h1,4-5,12-15H,2-3,6-9,11H2. The number of rotatable bonds is 4. The van der Waals surface area contributed by atoms with Crippen LogP contribution in [0.3, 0.4) is 0 Å². The van der Waals surface area contributed by atoms with Crippen molar-refractivity contribution >= 4 is 18.5 Å². The van der Waals surface area contributed by atoms with E-state index < -0.39 is 17.8 Å². The predicted octanol–water partition coefficient (Wildman–Crippen LogP) is 1.09. The summed E-state index contributed by atoms with van der Waals surface area (Å²) in [5.41, 5.74) is -0.625. The Labute approximate surface area is 140 Å². The summed E-state index contributed by atoms with van der Waals surface area (Å²) in [4.78, 5) is 31.2. The van der Waals surface area contributed by atoms with Crippen molar-refractivity contribution in [1.29, 1.82) is 5.26 Å². The van der Waals surface area contributed by atoms with Gasteiger partial charge >= 0.3 is 0 Å². The van der Waals surface area contributed by atoms with E-state index in [1.54, 1.807) is 11.1 Å². The van der Waals surface area contributed by atoms with Crippen LogP contribution in [0.25, 0.3) is 0 Å². The van der Waals surface area contributed by atoms with E-state index in [9.17, 15) is 14.0 Å². The number of carbonyl (C=O) groups excluding carboxylic acids is 2. The number of nitrogens with zero attached hydrogens (tertiary/aromatic N) is 4. The van der Waals surface area contributed by atoms with Crippen molar-refractivity contribution in [3.8, 4) is 6.07 Å². The van der Waals surface area contributed by atoms with Gasteiger partial charge in [-0.1, -0.05) is 6.08 Å². The molecule has 2 fully saturated rings. The van der Waals surface area contributed by atoms with Crippen LogP contribution < -0.4 is 0 Å². The van der Waals surface area contributed by atoms with Crippen LogP contribution in [0, 0.1) is 17.2 Å². The quantitative estimate of drug-likeness (QED) is 0.723. The van der Waals surface area contributed by atoms with Gasteiger partial charge in [0.05, 0.1) is 24.6 Å². The van der Waals surface area contributed by atoms with Gasteiger partial charge < -0.3 is 9.80 Å². The molecule has 0 saturated carbocycles. The number of amides is 2. The molecule has 2 saturated heterocycles. The molecule has 0 aromatic carbocycles. The monoisotopic (exact) mass is 332 g/mol. The van der Waals surface area contributed by atoms with Crippen LogP contribution in [0.4, 0.5) is 4.39 Å². The first kappa shape index (κ1) is 16.6. The largest absolute Gasteiger partial charge is 0.345 e. The lowest BCUT2D eigenvalue weighted by atomic mass is 9.76. The Bertz CT molecular complexity index is 592. The highest BCUT2D eigenvalue weighted by Crippen LogP contribution is 2.38. The van der Waals surface area contributed by atoms with Crippen LogP contribution in [0.2, 0.25) is 0 Å².